The third kappa shape index (κ3) is 4.07. The molecule has 0 aliphatic rings. The topological polar surface area (TPSA) is 78.6 Å². The van der Waals surface area contributed by atoms with Gasteiger partial charge in [-0.3, -0.25) is 9.59 Å². The van der Waals surface area contributed by atoms with Gasteiger partial charge in [0.1, 0.15) is 18.1 Å². The Morgan fingerprint density at radius 2 is 1.81 bits per heavy atom. The summed E-state index contributed by atoms with van der Waals surface area (Å²) in [5.41, 5.74) is 6.46. The van der Waals surface area contributed by atoms with Gasteiger partial charge in [-0.2, -0.15) is 0 Å². The molecule has 0 spiro atoms. The molecule has 0 saturated heterocycles. The Balaban J connectivity index is 2.18. The van der Waals surface area contributed by atoms with Crippen LogP contribution in [0.25, 0.3) is 0 Å². The van der Waals surface area contributed by atoms with Crippen molar-refractivity contribution in [2.24, 2.45) is 5.73 Å². The molecule has 0 fully saturated rings. The van der Waals surface area contributed by atoms with Gasteiger partial charge < -0.3 is 15.2 Å². The van der Waals surface area contributed by atoms with Crippen molar-refractivity contribution in [1.29, 1.82) is 0 Å². The second-order valence-corrected chi connectivity index (χ2v) is 4.39. The van der Waals surface area contributed by atoms with Gasteiger partial charge in [0.15, 0.2) is 0 Å². The Kier molecular flexibility index (Phi) is 4.56. The fraction of sp³-hybridized carbons (Fsp3) is 0.125. The van der Waals surface area contributed by atoms with Gasteiger partial charge in [0, 0.05) is 6.92 Å². The molecule has 0 atom stereocenters. The van der Waals surface area contributed by atoms with Crippen LogP contribution in [-0.2, 0) is 11.4 Å². The van der Waals surface area contributed by atoms with E-state index < -0.39 is 11.9 Å². The van der Waals surface area contributed by atoms with Crippen LogP contribution in [0, 0.1) is 0 Å². The molecule has 0 saturated carbocycles. The summed E-state index contributed by atoms with van der Waals surface area (Å²) in [5.74, 6) is -0.513. The molecule has 1 amide bonds. The fourth-order valence-corrected chi connectivity index (χ4v) is 1.79. The summed E-state index contributed by atoms with van der Waals surface area (Å²) >= 11 is 0. The van der Waals surface area contributed by atoms with Crippen molar-refractivity contribution in [2.75, 3.05) is 0 Å². The zero-order chi connectivity index (χ0) is 15.2. The molecule has 21 heavy (non-hydrogen) atoms. The molecule has 0 bridgehead atoms. The van der Waals surface area contributed by atoms with Crippen molar-refractivity contribution in [1.82, 2.24) is 0 Å². The van der Waals surface area contributed by atoms with E-state index in [2.05, 4.69) is 0 Å². The molecule has 5 nitrogen and oxygen atoms in total. The summed E-state index contributed by atoms with van der Waals surface area (Å²) in [6, 6.07) is 14.0. The van der Waals surface area contributed by atoms with Gasteiger partial charge in [-0.1, -0.05) is 30.3 Å². The third-order valence-corrected chi connectivity index (χ3v) is 2.72. The van der Waals surface area contributed by atoms with Crippen molar-refractivity contribution in [3.05, 3.63) is 59.7 Å². The van der Waals surface area contributed by atoms with E-state index in [1.54, 1.807) is 12.1 Å². The number of ether oxygens (including phenoxy) is 2. The van der Waals surface area contributed by atoms with Gasteiger partial charge in [0.2, 0.25) is 0 Å². The third-order valence-electron chi connectivity index (χ3n) is 2.72. The van der Waals surface area contributed by atoms with E-state index in [-0.39, 0.29) is 11.3 Å². The number of rotatable bonds is 5. The number of amides is 1. The predicted molar refractivity (Wildman–Crippen MR) is 77.0 cm³/mol. The molecule has 0 unspecified atom stereocenters. The highest BCUT2D eigenvalue weighted by Crippen LogP contribution is 2.25. The lowest BCUT2D eigenvalue weighted by Gasteiger charge is -2.11. The van der Waals surface area contributed by atoms with Crippen LogP contribution in [0.1, 0.15) is 22.8 Å². The zero-order valence-electron chi connectivity index (χ0n) is 11.5. The average Bonchev–Trinajstić information content (AvgIpc) is 2.46. The normalized spacial score (nSPS) is 9.95. The lowest BCUT2D eigenvalue weighted by Crippen LogP contribution is -2.14. The molecule has 2 rings (SSSR count). The highest BCUT2D eigenvalue weighted by Gasteiger charge is 2.12. The summed E-state index contributed by atoms with van der Waals surface area (Å²) in [5, 5.41) is 0. The van der Waals surface area contributed by atoms with Gasteiger partial charge in [-0.15, -0.1) is 0 Å². The first-order valence-corrected chi connectivity index (χ1v) is 6.35. The molecule has 0 heterocycles. The van der Waals surface area contributed by atoms with Gasteiger partial charge >= 0.3 is 5.97 Å². The minimum atomic E-state index is -0.646. The monoisotopic (exact) mass is 285 g/mol. The van der Waals surface area contributed by atoms with E-state index in [9.17, 15) is 9.59 Å². The summed E-state index contributed by atoms with van der Waals surface area (Å²) < 4.78 is 10.5. The van der Waals surface area contributed by atoms with Gasteiger partial charge in [0.25, 0.3) is 5.91 Å². The summed E-state index contributed by atoms with van der Waals surface area (Å²) in [4.78, 5) is 22.4. The number of carbonyl (C=O) groups excluding carboxylic acids is 2. The smallest absolute Gasteiger partial charge is 0.308 e. The van der Waals surface area contributed by atoms with Crippen molar-refractivity contribution in [2.45, 2.75) is 13.5 Å². The standard InChI is InChI=1S/C16H15NO4/c1-11(18)21-13-7-8-15(14(9-13)16(17)19)20-10-12-5-3-2-4-6-12/h2-9H,10H2,1H3,(H2,17,19). The number of primary amides is 1. The van der Waals surface area contributed by atoms with Crippen molar-refractivity contribution in [3.63, 3.8) is 0 Å². The number of benzene rings is 2. The minimum Gasteiger partial charge on any atom is -0.488 e. The van der Waals surface area contributed by atoms with Crippen LogP contribution in [0.4, 0.5) is 0 Å². The highest BCUT2D eigenvalue weighted by atomic mass is 16.5. The number of carbonyl (C=O) groups is 2. The Morgan fingerprint density at radius 3 is 2.43 bits per heavy atom. The first-order valence-electron chi connectivity index (χ1n) is 6.35. The first-order chi connectivity index (χ1) is 10.1. The Morgan fingerprint density at radius 1 is 1.10 bits per heavy atom. The second kappa shape index (κ2) is 6.56. The number of nitrogens with two attached hydrogens (primary N) is 1. The first kappa shape index (κ1) is 14.6. The maximum atomic E-state index is 11.5. The lowest BCUT2D eigenvalue weighted by atomic mass is 10.1. The largest absolute Gasteiger partial charge is 0.488 e. The van der Waals surface area contributed by atoms with Crippen LogP contribution in [0.3, 0.4) is 0 Å². The molecular formula is C16H15NO4. The average molecular weight is 285 g/mol. The lowest BCUT2D eigenvalue weighted by molar-refractivity contribution is -0.131. The van der Waals surface area contributed by atoms with Crippen molar-refractivity contribution < 1.29 is 19.1 Å². The van der Waals surface area contributed by atoms with E-state index >= 15 is 0 Å². The van der Waals surface area contributed by atoms with Crippen molar-refractivity contribution >= 4 is 11.9 Å². The molecule has 0 aliphatic carbocycles. The summed E-state index contributed by atoms with van der Waals surface area (Å²) in [7, 11) is 0. The maximum absolute atomic E-state index is 11.5. The minimum absolute atomic E-state index is 0.171. The van der Waals surface area contributed by atoms with Crippen molar-refractivity contribution in [3.8, 4) is 11.5 Å². The van der Waals surface area contributed by atoms with E-state index in [1.165, 1.54) is 13.0 Å². The van der Waals surface area contributed by atoms with Gasteiger partial charge in [0.05, 0.1) is 5.56 Å². The van der Waals surface area contributed by atoms with Crippen LogP contribution in [-0.4, -0.2) is 11.9 Å². The summed E-state index contributed by atoms with van der Waals surface area (Å²) in [6.07, 6.45) is 0. The van der Waals surface area contributed by atoms with E-state index in [4.69, 9.17) is 15.2 Å². The van der Waals surface area contributed by atoms with Crippen LogP contribution in [0.5, 0.6) is 11.5 Å². The molecular weight excluding hydrogens is 270 g/mol. The van der Waals surface area contributed by atoms with Crippen LogP contribution >= 0.6 is 0 Å². The fourth-order valence-electron chi connectivity index (χ4n) is 1.79. The molecule has 2 N–H and O–H groups in total. The molecule has 0 aromatic heterocycles. The van der Waals surface area contributed by atoms with E-state index in [0.717, 1.165) is 5.56 Å². The van der Waals surface area contributed by atoms with Gasteiger partial charge in [-0.05, 0) is 23.8 Å². The molecule has 0 aliphatic heterocycles. The number of hydrogen-bond acceptors (Lipinski definition) is 4. The highest BCUT2D eigenvalue weighted by molar-refractivity contribution is 5.96. The molecule has 2 aromatic rings. The number of esters is 1. The second-order valence-electron chi connectivity index (χ2n) is 4.39. The van der Waals surface area contributed by atoms with Gasteiger partial charge in [-0.25, -0.2) is 0 Å². The quantitative estimate of drug-likeness (QED) is 0.675. The van der Waals surface area contributed by atoms with E-state index in [1.807, 2.05) is 30.3 Å². The Hall–Kier alpha value is -2.82. The molecule has 2 aromatic carbocycles. The zero-order valence-corrected chi connectivity index (χ0v) is 11.5. The molecule has 0 radical (unpaired) electrons. The van der Waals surface area contributed by atoms with Crippen LogP contribution in [0.2, 0.25) is 0 Å². The molecule has 5 heteroatoms. The van der Waals surface area contributed by atoms with Crippen LogP contribution in [0.15, 0.2) is 48.5 Å². The molecule has 108 valence electrons. The SMILES string of the molecule is CC(=O)Oc1ccc(OCc2ccccc2)c(C(N)=O)c1. The van der Waals surface area contributed by atoms with E-state index in [0.29, 0.717) is 12.4 Å². The maximum Gasteiger partial charge on any atom is 0.308 e. The Labute approximate surface area is 122 Å². The number of hydrogen-bond donors (Lipinski definition) is 1. The summed E-state index contributed by atoms with van der Waals surface area (Å²) in [6.45, 7) is 1.60. The Bertz CT molecular complexity index is 653. The van der Waals surface area contributed by atoms with Crippen LogP contribution < -0.4 is 15.2 Å². The predicted octanol–water partition coefficient (Wildman–Crippen LogP) is 2.29.